The molecule has 0 radical (unpaired) electrons. The van der Waals surface area contributed by atoms with Gasteiger partial charge in [-0.25, -0.2) is 9.07 Å². The van der Waals surface area contributed by atoms with Gasteiger partial charge in [0.05, 0.1) is 18.4 Å². The first kappa shape index (κ1) is 12.3. The molecule has 0 fully saturated rings. The molecule has 0 spiro atoms. The van der Waals surface area contributed by atoms with Gasteiger partial charge in [0.1, 0.15) is 11.5 Å². The topological polar surface area (TPSA) is 67.2 Å². The summed E-state index contributed by atoms with van der Waals surface area (Å²) in [6.45, 7) is 0.0386. The predicted molar refractivity (Wildman–Crippen MR) is 62.9 cm³/mol. The highest BCUT2D eigenvalue weighted by Crippen LogP contribution is 2.12. The van der Waals surface area contributed by atoms with E-state index in [1.165, 1.54) is 23.1 Å². The van der Waals surface area contributed by atoms with Crippen molar-refractivity contribution in [2.45, 2.75) is 0 Å². The number of nitrogens with zero attached hydrogens (tertiary/aromatic N) is 2. The van der Waals surface area contributed by atoms with Crippen molar-refractivity contribution in [3.63, 3.8) is 0 Å². The fraction of sp³-hybridized carbons (Fsp3) is 0.167. The number of amides is 1. The number of carbonyl (C=O) groups excluding carboxylic acids is 1. The van der Waals surface area contributed by atoms with Gasteiger partial charge in [-0.05, 0) is 12.1 Å². The number of aromatic nitrogens is 2. The molecule has 2 N–H and O–H groups in total. The molecule has 18 heavy (non-hydrogen) atoms. The maximum atomic E-state index is 13.5. The van der Waals surface area contributed by atoms with Crippen molar-refractivity contribution in [1.82, 2.24) is 15.1 Å². The lowest BCUT2D eigenvalue weighted by Gasteiger charge is -2.02. The normalized spacial score (nSPS) is 10.3. The van der Waals surface area contributed by atoms with Gasteiger partial charge < -0.3 is 10.4 Å². The van der Waals surface area contributed by atoms with Crippen molar-refractivity contribution in [2.75, 3.05) is 13.2 Å². The van der Waals surface area contributed by atoms with Gasteiger partial charge in [-0.2, -0.15) is 5.10 Å². The standard InChI is InChI=1S/C12H12FN3O2/c13-10-3-1-2-4-11(10)16-8-9(7-15-16)12(18)14-5-6-17/h1-4,7-8,17H,5-6H2,(H,14,18). The van der Waals surface area contributed by atoms with Crippen molar-refractivity contribution in [3.05, 3.63) is 48.0 Å². The molecule has 0 aliphatic carbocycles. The third-order valence-electron chi connectivity index (χ3n) is 2.34. The summed E-state index contributed by atoms with van der Waals surface area (Å²) in [5.41, 5.74) is 0.588. The van der Waals surface area contributed by atoms with E-state index in [0.717, 1.165) is 0 Å². The second-order valence-corrected chi connectivity index (χ2v) is 3.60. The minimum Gasteiger partial charge on any atom is -0.395 e. The van der Waals surface area contributed by atoms with Crippen LogP contribution in [0.15, 0.2) is 36.7 Å². The fourth-order valence-corrected chi connectivity index (χ4v) is 1.48. The highest BCUT2D eigenvalue weighted by Gasteiger charge is 2.10. The van der Waals surface area contributed by atoms with Crippen LogP contribution in [0.25, 0.3) is 5.69 Å². The summed E-state index contributed by atoms with van der Waals surface area (Å²) in [7, 11) is 0. The lowest BCUT2D eigenvalue weighted by atomic mass is 10.3. The number of halogens is 1. The van der Waals surface area contributed by atoms with Crippen LogP contribution in [-0.2, 0) is 0 Å². The van der Waals surface area contributed by atoms with Crippen LogP contribution in [-0.4, -0.2) is 33.9 Å². The Morgan fingerprint density at radius 2 is 2.22 bits per heavy atom. The van der Waals surface area contributed by atoms with Crippen LogP contribution >= 0.6 is 0 Å². The highest BCUT2D eigenvalue weighted by atomic mass is 19.1. The molecule has 1 amide bonds. The zero-order chi connectivity index (χ0) is 13.0. The molecule has 6 heteroatoms. The molecule has 0 bridgehead atoms. The number of hydrogen-bond donors (Lipinski definition) is 2. The number of nitrogens with one attached hydrogen (secondary N) is 1. The molecule has 0 aliphatic rings. The first-order valence-corrected chi connectivity index (χ1v) is 5.41. The van der Waals surface area contributed by atoms with Gasteiger partial charge in [0.2, 0.25) is 0 Å². The summed E-state index contributed by atoms with van der Waals surface area (Å²) in [6, 6.07) is 6.16. The van der Waals surface area contributed by atoms with Crippen molar-refractivity contribution < 1.29 is 14.3 Å². The Bertz CT molecular complexity index is 554. The number of benzene rings is 1. The average Bonchev–Trinajstić information content (AvgIpc) is 2.86. The second-order valence-electron chi connectivity index (χ2n) is 3.60. The summed E-state index contributed by atoms with van der Waals surface area (Å²) in [5.74, 6) is -0.769. The molecule has 94 valence electrons. The minimum absolute atomic E-state index is 0.132. The Hall–Kier alpha value is -2.21. The summed E-state index contributed by atoms with van der Waals surface area (Å²) in [6.07, 6.45) is 2.78. The molecule has 0 aliphatic heterocycles. The van der Waals surface area contributed by atoms with E-state index in [0.29, 0.717) is 5.56 Å². The summed E-state index contributed by atoms with van der Waals surface area (Å²) >= 11 is 0. The van der Waals surface area contributed by atoms with Crippen molar-refractivity contribution in [3.8, 4) is 5.69 Å². The van der Waals surface area contributed by atoms with Crippen LogP contribution in [0.5, 0.6) is 0 Å². The molecule has 1 aromatic heterocycles. The zero-order valence-corrected chi connectivity index (χ0v) is 9.51. The number of aliphatic hydroxyl groups excluding tert-OH is 1. The molecule has 5 nitrogen and oxygen atoms in total. The number of hydrogen-bond acceptors (Lipinski definition) is 3. The Balaban J connectivity index is 2.21. The van der Waals surface area contributed by atoms with E-state index >= 15 is 0 Å². The van der Waals surface area contributed by atoms with Gasteiger partial charge in [-0.15, -0.1) is 0 Å². The summed E-state index contributed by atoms with van der Waals surface area (Å²) < 4.78 is 14.8. The molecule has 1 aromatic carbocycles. The highest BCUT2D eigenvalue weighted by molar-refractivity contribution is 5.93. The third-order valence-corrected chi connectivity index (χ3v) is 2.34. The van der Waals surface area contributed by atoms with E-state index in [1.807, 2.05) is 0 Å². The molecule has 0 saturated heterocycles. The molecule has 2 rings (SSSR count). The predicted octanol–water partition coefficient (Wildman–Crippen LogP) is 0.733. The van der Waals surface area contributed by atoms with Gasteiger partial charge in [0.15, 0.2) is 0 Å². The maximum absolute atomic E-state index is 13.5. The fourth-order valence-electron chi connectivity index (χ4n) is 1.48. The van der Waals surface area contributed by atoms with Gasteiger partial charge in [0, 0.05) is 12.7 Å². The average molecular weight is 249 g/mol. The van der Waals surface area contributed by atoms with Crippen LogP contribution in [0, 0.1) is 5.82 Å². The molecular weight excluding hydrogens is 237 g/mol. The van der Waals surface area contributed by atoms with Crippen LogP contribution in [0.2, 0.25) is 0 Å². The van der Waals surface area contributed by atoms with Crippen LogP contribution < -0.4 is 5.32 Å². The van der Waals surface area contributed by atoms with Gasteiger partial charge in [-0.3, -0.25) is 4.79 Å². The first-order chi connectivity index (χ1) is 8.72. The van der Waals surface area contributed by atoms with E-state index in [1.54, 1.807) is 18.2 Å². The number of carbonyl (C=O) groups is 1. The van der Waals surface area contributed by atoms with E-state index in [4.69, 9.17) is 5.11 Å². The quantitative estimate of drug-likeness (QED) is 0.839. The van der Waals surface area contributed by atoms with Crippen molar-refractivity contribution in [2.24, 2.45) is 0 Å². The molecule has 0 unspecified atom stereocenters. The van der Waals surface area contributed by atoms with Crippen molar-refractivity contribution >= 4 is 5.91 Å². The third kappa shape index (κ3) is 2.54. The SMILES string of the molecule is O=C(NCCO)c1cnn(-c2ccccc2F)c1. The molecule has 2 aromatic rings. The molecule has 1 heterocycles. The molecule has 0 atom stereocenters. The molecule has 0 saturated carbocycles. The zero-order valence-electron chi connectivity index (χ0n) is 9.51. The number of rotatable bonds is 4. The van der Waals surface area contributed by atoms with Gasteiger partial charge in [-0.1, -0.05) is 12.1 Å². The van der Waals surface area contributed by atoms with Crippen LogP contribution in [0.3, 0.4) is 0 Å². The maximum Gasteiger partial charge on any atom is 0.254 e. The van der Waals surface area contributed by atoms with Gasteiger partial charge >= 0.3 is 0 Å². The number of aliphatic hydroxyl groups is 1. The van der Waals surface area contributed by atoms with Crippen molar-refractivity contribution in [1.29, 1.82) is 0 Å². The Kier molecular flexibility index (Phi) is 3.69. The summed E-state index contributed by atoms with van der Waals surface area (Å²) in [5, 5.41) is 15.0. The lowest BCUT2D eigenvalue weighted by molar-refractivity contribution is 0.0945. The van der Waals surface area contributed by atoms with Crippen LogP contribution in [0.1, 0.15) is 10.4 Å². The van der Waals surface area contributed by atoms with E-state index in [9.17, 15) is 9.18 Å². The Labute approximate surface area is 103 Å². The van der Waals surface area contributed by atoms with E-state index in [2.05, 4.69) is 10.4 Å². The smallest absolute Gasteiger partial charge is 0.254 e. The molecular formula is C12H12FN3O2. The second kappa shape index (κ2) is 5.42. The number of para-hydroxylation sites is 1. The van der Waals surface area contributed by atoms with E-state index in [-0.39, 0.29) is 24.7 Å². The monoisotopic (exact) mass is 249 g/mol. The largest absolute Gasteiger partial charge is 0.395 e. The van der Waals surface area contributed by atoms with Crippen LogP contribution in [0.4, 0.5) is 4.39 Å². The Morgan fingerprint density at radius 3 is 2.94 bits per heavy atom. The lowest BCUT2D eigenvalue weighted by Crippen LogP contribution is -2.25. The summed E-state index contributed by atoms with van der Waals surface area (Å²) in [4.78, 5) is 11.6. The van der Waals surface area contributed by atoms with E-state index < -0.39 is 5.82 Å². The first-order valence-electron chi connectivity index (χ1n) is 5.41. The minimum atomic E-state index is -0.414. The van der Waals surface area contributed by atoms with Gasteiger partial charge in [0.25, 0.3) is 5.91 Å². The Morgan fingerprint density at radius 1 is 1.44 bits per heavy atom.